The van der Waals surface area contributed by atoms with E-state index in [2.05, 4.69) is 4.90 Å². The second-order valence-electron chi connectivity index (χ2n) is 4.65. The number of nitrogens with zero attached hydrogens (tertiary/aromatic N) is 1. The van der Waals surface area contributed by atoms with Gasteiger partial charge in [0.05, 0.1) is 0 Å². The quantitative estimate of drug-likeness (QED) is 0.864. The molecule has 19 heavy (non-hydrogen) atoms. The van der Waals surface area contributed by atoms with Crippen molar-refractivity contribution in [1.82, 2.24) is 4.90 Å². The summed E-state index contributed by atoms with van der Waals surface area (Å²) in [6.07, 6.45) is 0. The number of nitrogen functional groups attached to an aromatic ring is 1. The lowest BCUT2D eigenvalue weighted by molar-refractivity contribution is 0.319. The van der Waals surface area contributed by atoms with Gasteiger partial charge in [-0.3, -0.25) is 4.90 Å². The molecular weight excluding hydrogens is 263 g/mol. The lowest BCUT2D eigenvalue weighted by Gasteiger charge is -2.18. The van der Waals surface area contributed by atoms with Gasteiger partial charge in [-0.1, -0.05) is 29.8 Å². The van der Waals surface area contributed by atoms with Gasteiger partial charge in [0.1, 0.15) is 5.82 Å². The molecule has 2 rings (SSSR count). The minimum absolute atomic E-state index is 0.313. The first-order valence-corrected chi connectivity index (χ1v) is 6.39. The van der Waals surface area contributed by atoms with E-state index in [1.54, 1.807) is 6.07 Å². The first-order chi connectivity index (χ1) is 9.04. The molecule has 4 heteroatoms. The monoisotopic (exact) mass is 278 g/mol. The predicted molar refractivity (Wildman–Crippen MR) is 77.4 cm³/mol. The third-order valence-corrected chi connectivity index (χ3v) is 3.21. The molecule has 0 unspecified atom stereocenters. The summed E-state index contributed by atoms with van der Waals surface area (Å²) in [5.41, 5.74) is 8.55. The Balaban J connectivity index is 2.03. The van der Waals surface area contributed by atoms with Crippen LogP contribution < -0.4 is 5.73 Å². The van der Waals surface area contributed by atoms with Crippen molar-refractivity contribution in [1.29, 1.82) is 0 Å². The zero-order valence-electron chi connectivity index (χ0n) is 10.7. The fourth-order valence-electron chi connectivity index (χ4n) is 2.00. The van der Waals surface area contributed by atoms with Gasteiger partial charge >= 0.3 is 0 Å². The maximum atomic E-state index is 13.0. The normalized spacial score (nSPS) is 10.9. The number of anilines is 1. The third-order valence-electron chi connectivity index (χ3n) is 2.86. The van der Waals surface area contributed by atoms with Crippen molar-refractivity contribution in [2.75, 3.05) is 12.8 Å². The van der Waals surface area contributed by atoms with E-state index in [0.29, 0.717) is 11.6 Å². The average Bonchev–Trinajstić information content (AvgIpc) is 2.33. The van der Waals surface area contributed by atoms with E-state index in [9.17, 15) is 4.39 Å². The van der Waals surface area contributed by atoms with E-state index in [1.165, 1.54) is 12.1 Å². The van der Waals surface area contributed by atoms with Crippen LogP contribution in [-0.2, 0) is 13.1 Å². The van der Waals surface area contributed by atoms with Gasteiger partial charge in [0.25, 0.3) is 0 Å². The summed E-state index contributed by atoms with van der Waals surface area (Å²) < 4.78 is 13.0. The largest absolute Gasteiger partial charge is 0.399 e. The van der Waals surface area contributed by atoms with Crippen molar-refractivity contribution in [3.63, 3.8) is 0 Å². The molecule has 0 aliphatic heterocycles. The highest BCUT2D eigenvalue weighted by atomic mass is 35.5. The molecule has 100 valence electrons. The number of benzene rings is 2. The molecule has 0 aliphatic rings. The van der Waals surface area contributed by atoms with Gasteiger partial charge < -0.3 is 5.73 Å². The highest BCUT2D eigenvalue weighted by Crippen LogP contribution is 2.19. The van der Waals surface area contributed by atoms with Gasteiger partial charge in [0.15, 0.2) is 0 Å². The molecule has 0 fully saturated rings. The minimum atomic E-state index is -0.313. The SMILES string of the molecule is CN(Cc1cccc(N)c1)Cc1ccc(F)cc1Cl. The van der Waals surface area contributed by atoms with Crippen LogP contribution in [0, 0.1) is 5.82 Å². The second kappa shape index (κ2) is 6.04. The maximum Gasteiger partial charge on any atom is 0.124 e. The Morgan fingerprint density at radius 2 is 1.95 bits per heavy atom. The zero-order chi connectivity index (χ0) is 13.8. The first-order valence-electron chi connectivity index (χ1n) is 6.01. The van der Waals surface area contributed by atoms with Crippen molar-refractivity contribution in [2.24, 2.45) is 0 Å². The van der Waals surface area contributed by atoms with Crippen LogP contribution in [0.3, 0.4) is 0 Å². The number of nitrogens with two attached hydrogens (primary N) is 1. The summed E-state index contributed by atoms with van der Waals surface area (Å²) in [5.74, 6) is -0.313. The van der Waals surface area contributed by atoms with E-state index in [0.717, 1.165) is 23.4 Å². The van der Waals surface area contributed by atoms with Crippen LogP contribution in [0.5, 0.6) is 0 Å². The average molecular weight is 279 g/mol. The van der Waals surface area contributed by atoms with Gasteiger partial charge in [-0.25, -0.2) is 4.39 Å². The number of halogens is 2. The van der Waals surface area contributed by atoms with E-state index in [-0.39, 0.29) is 5.82 Å². The van der Waals surface area contributed by atoms with Gasteiger partial charge in [-0.15, -0.1) is 0 Å². The van der Waals surface area contributed by atoms with Crippen molar-refractivity contribution >= 4 is 17.3 Å². The van der Waals surface area contributed by atoms with Crippen molar-refractivity contribution in [2.45, 2.75) is 13.1 Å². The molecule has 0 heterocycles. The molecule has 0 spiro atoms. The van der Waals surface area contributed by atoms with Gasteiger partial charge in [0.2, 0.25) is 0 Å². The van der Waals surface area contributed by atoms with Crippen LogP contribution in [0.2, 0.25) is 5.02 Å². The molecular formula is C15H16ClFN2. The van der Waals surface area contributed by atoms with Gasteiger partial charge in [-0.2, -0.15) is 0 Å². The van der Waals surface area contributed by atoms with Gasteiger partial charge in [-0.05, 0) is 42.4 Å². The minimum Gasteiger partial charge on any atom is -0.399 e. The molecule has 0 saturated carbocycles. The van der Waals surface area contributed by atoms with Crippen LogP contribution in [0.15, 0.2) is 42.5 Å². The highest BCUT2D eigenvalue weighted by molar-refractivity contribution is 6.31. The lowest BCUT2D eigenvalue weighted by atomic mass is 10.1. The van der Waals surface area contributed by atoms with Crippen molar-refractivity contribution in [3.05, 3.63) is 64.4 Å². The lowest BCUT2D eigenvalue weighted by Crippen LogP contribution is -2.17. The molecule has 2 N–H and O–H groups in total. The summed E-state index contributed by atoms with van der Waals surface area (Å²) in [6.45, 7) is 1.42. The van der Waals surface area contributed by atoms with E-state index < -0.39 is 0 Å². The Bertz CT molecular complexity index is 572. The molecule has 0 amide bonds. The molecule has 0 aromatic heterocycles. The number of hydrogen-bond acceptors (Lipinski definition) is 2. The van der Waals surface area contributed by atoms with E-state index in [1.807, 2.05) is 31.3 Å². The maximum absolute atomic E-state index is 13.0. The molecule has 0 bridgehead atoms. The van der Waals surface area contributed by atoms with Crippen LogP contribution in [0.25, 0.3) is 0 Å². The standard InChI is InChI=1S/C15H16ClFN2/c1-19(9-11-3-2-4-14(18)7-11)10-12-5-6-13(17)8-15(12)16/h2-8H,9-10,18H2,1H3. The molecule has 0 aliphatic carbocycles. The Morgan fingerprint density at radius 1 is 1.16 bits per heavy atom. The summed E-state index contributed by atoms with van der Waals surface area (Å²) in [5, 5.41) is 0.458. The Kier molecular flexibility index (Phi) is 4.40. The van der Waals surface area contributed by atoms with Crippen LogP contribution in [0.1, 0.15) is 11.1 Å². The van der Waals surface area contributed by atoms with Gasteiger partial charge in [0, 0.05) is 23.8 Å². The van der Waals surface area contributed by atoms with Crippen molar-refractivity contribution in [3.8, 4) is 0 Å². The smallest absolute Gasteiger partial charge is 0.124 e. The zero-order valence-corrected chi connectivity index (χ0v) is 11.5. The molecule has 0 saturated heterocycles. The third kappa shape index (κ3) is 3.94. The molecule has 2 nitrogen and oxygen atoms in total. The molecule has 0 atom stereocenters. The number of rotatable bonds is 4. The van der Waals surface area contributed by atoms with E-state index in [4.69, 9.17) is 17.3 Å². The molecule has 2 aromatic rings. The summed E-state index contributed by atoms with van der Waals surface area (Å²) in [4.78, 5) is 2.11. The molecule has 0 radical (unpaired) electrons. The van der Waals surface area contributed by atoms with Crippen LogP contribution >= 0.6 is 11.6 Å². The number of hydrogen-bond donors (Lipinski definition) is 1. The van der Waals surface area contributed by atoms with Crippen molar-refractivity contribution < 1.29 is 4.39 Å². The van der Waals surface area contributed by atoms with Crippen LogP contribution in [-0.4, -0.2) is 11.9 Å². The highest BCUT2D eigenvalue weighted by Gasteiger charge is 2.06. The summed E-state index contributed by atoms with van der Waals surface area (Å²) >= 11 is 6.02. The topological polar surface area (TPSA) is 29.3 Å². The summed E-state index contributed by atoms with van der Waals surface area (Å²) in [7, 11) is 1.99. The predicted octanol–water partition coefficient (Wildman–Crippen LogP) is 3.69. The fourth-order valence-corrected chi connectivity index (χ4v) is 2.23. The first kappa shape index (κ1) is 13.8. The molecule has 2 aromatic carbocycles. The Morgan fingerprint density at radius 3 is 2.63 bits per heavy atom. The Hall–Kier alpha value is -1.58. The fraction of sp³-hybridized carbons (Fsp3) is 0.200. The Labute approximate surface area is 117 Å². The van der Waals surface area contributed by atoms with Crippen LogP contribution in [0.4, 0.5) is 10.1 Å². The summed E-state index contributed by atoms with van der Waals surface area (Å²) in [6, 6.07) is 12.2. The second-order valence-corrected chi connectivity index (χ2v) is 5.06. The van der Waals surface area contributed by atoms with E-state index >= 15 is 0 Å².